The van der Waals surface area contributed by atoms with E-state index in [2.05, 4.69) is 17.0 Å². The summed E-state index contributed by atoms with van der Waals surface area (Å²) in [6, 6.07) is 18.2. The number of methoxy groups -OCH3 is 1. The summed E-state index contributed by atoms with van der Waals surface area (Å²) in [6.45, 7) is 4.58. The first-order valence-corrected chi connectivity index (χ1v) is 9.01. The van der Waals surface area contributed by atoms with Crippen LogP contribution in [0.4, 0.5) is 0 Å². The van der Waals surface area contributed by atoms with E-state index in [9.17, 15) is 4.79 Å². The third kappa shape index (κ3) is 4.33. The summed E-state index contributed by atoms with van der Waals surface area (Å²) < 4.78 is 10.6. The lowest BCUT2D eigenvalue weighted by Gasteiger charge is -2.30. The van der Waals surface area contributed by atoms with Gasteiger partial charge in [0.15, 0.2) is 0 Å². The number of hydrogen-bond donors (Lipinski definition) is 0. The molecule has 0 N–H and O–H groups in total. The monoisotopic (exact) mass is 351 g/mol. The molecule has 0 fully saturated rings. The Hall–Kier alpha value is -2.59. The van der Waals surface area contributed by atoms with Crippen molar-refractivity contribution in [3.05, 3.63) is 71.3 Å². The minimum Gasteiger partial charge on any atom is -0.497 e. The number of benzene rings is 2. The summed E-state index contributed by atoms with van der Waals surface area (Å²) in [7, 11) is 1.65. The highest BCUT2D eigenvalue weighted by molar-refractivity contribution is 5.98. The Bertz CT molecular complexity index is 766. The molecule has 0 amide bonds. The number of esters is 1. The van der Waals surface area contributed by atoms with Gasteiger partial charge < -0.3 is 9.47 Å². The molecule has 4 heteroatoms. The summed E-state index contributed by atoms with van der Waals surface area (Å²) in [5, 5.41) is 0. The third-order valence-corrected chi connectivity index (χ3v) is 4.63. The first-order valence-electron chi connectivity index (χ1n) is 9.01. The molecule has 1 aliphatic heterocycles. The number of nitrogens with zero attached hydrogens (tertiary/aromatic N) is 1. The predicted molar refractivity (Wildman–Crippen MR) is 103 cm³/mol. The van der Waals surface area contributed by atoms with Gasteiger partial charge in [0.25, 0.3) is 0 Å². The van der Waals surface area contributed by atoms with Crippen LogP contribution in [0, 0.1) is 0 Å². The molecule has 2 aromatic rings. The molecule has 4 nitrogen and oxygen atoms in total. The second-order valence-electron chi connectivity index (χ2n) is 6.35. The van der Waals surface area contributed by atoms with Crippen LogP contribution in [-0.4, -0.2) is 37.7 Å². The van der Waals surface area contributed by atoms with Crippen LogP contribution < -0.4 is 4.74 Å². The molecule has 0 atom stereocenters. The van der Waals surface area contributed by atoms with Crippen LogP contribution >= 0.6 is 0 Å². The highest BCUT2D eigenvalue weighted by Crippen LogP contribution is 2.30. The smallest absolute Gasteiger partial charge is 0.335 e. The standard InChI is InChI=1S/C22H25NO3/c1-3-26-22(24)21-16-23(15-17-7-5-4-6-8-17)14-13-20(21)18-9-11-19(25-2)12-10-18/h4-12H,3,13-16H2,1-2H3. The summed E-state index contributed by atoms with van der Waals surface area (Å²) in [4.78, 5) is 14.9. The number of ether oxygens (including phenoxy) is 2. The molecule has 0 aliphatic carbocycles. The molecule has 0 unspecified atom stereocenters. The van der Waals surface area contributed by atoms with E-state index < -0.39 is 0 Å². The summed E-state index contributed by atoms with van der Waals surface area (Å²) >= 11 is 0. The molecule has 26 heavy (non-hydrogen) atoms. The number of carbonyl (C=O) groups is 1. The predicted octanol–water partition coefficient (Wildman–Crippen LogP) is 3.92. The summed E-state index contributed by atoms with van der Waals surface area (Å²) in [6.07, 6.45) is 0.827. The average Bonchev–Trinajstić information content (AvgIpc) is 2.69. The number of hydrogen-bond acceptors (Lipinski definition) is 4. The zero-order valence-corrected chi connectivity index (χ0v) is 15.4. The van der Waals surface area contributed by atoms with Crippen LogP contribution in [0.5, 0.6) is 5.75 Å². The molecule has 3 rings (SSSR count). The van der Waals surface area contributed by atoms with Gasteiger partial charge in [-0.3, -0.25) is 4.90 Å². The van der Waals surface area contributed by atoms with Crippen molar-refractivity contribution in [2.75, 3.05) is 26.8 Å². The fourth-order valence-electron chi connectivity index (χ4n) is 3.31. The van der Waals surface area contributed by atoms with Gasteiger partial charge in [-0.2, -0.15) is 0 Å². The lowest BCUT2D eigenvalue weighted by atomic mass is 9.93. The van der Waals surface area contributed by atoms with Gasteiger partial charge in [0.1, 0.15) is 5.75 Å². The van der Waals surface area contributed by atoms with Gasteiger partial charge in [0.2, 0.25) is 0 Å². The molecule has 0 bridgehead atoms. The van der Waals surface area contributed by atoms with Gasteiger partial charge in [0.05, 0.1) is 19.3 Å². The van der Waals surface area contributed by atoms with E-state index in [1.165, 1.54) is 5.56 Å². The van der Waals surface area contributed by atoms with Gasteiger partial charge in [-0.25, -0.2) is 4.79 Å². The lowest BCUT2D eigenvalue weighted by Crippen LogP contribution is -2.34. The van der Waals surface area contributed by atoms with E-state index in [0.717, 1.165) is 42.0 Å². The highest BCUT2D eigenvalue weighted by atomic mass is 16.5. The largest absolute Gasteiger partial charge is 0.497 e. The molecule has 0 radical (unpaired) electrons. The normalized spacial score (nSPS) is 15.0. The van der Waals surface area contributed by atoms with Crippen LogP contribution in [0.15, 0.2) is 60.2 Å². The zero-order valence-electron chi connectivity index (χ0n) is 15.4. The molecule has 0 aromatic heterocycles. The van der Waals surface area contributed by atoms with Crippen molar-refractivity contribution in [2.45, 2.75) is 19.9 Å². The second kappa shape index (κ2) is 8.68. The lowest BCUT2D eigenvalue weighted by molar-refractivity contribution is -0.138. The minimum atomic E-state index is -0.212. The topological polar surface area (TPSA) is 38.8 Å². The third-order valence-electron chi connectivity index (χ3n) is 4.63. The molecule has 2 aromatic carbocycles. The number of carbonyl (C=O) groups excluding carboxylic acids is 1. The second-order valence-corrected chi connectivity index (χ2v) is 6.35. The Labute approximate surface area is 155 Å². The Morgan fingerprint density at radius 2 is 1.81 bits per heavy atom. The van der Waals surface area contributed by atoms with Crippen LogP contribution in [0.2, 0.25) is 0 Å². The maximum Gasteiger partial charge on any atom is 0.335 e. The van der Waals surface area contributed by atoms with E-state index in [1.54, 1.807) is 7.11 Å². The van der Waals surface area contributed by atoms with Crippen molar-refractivity contribution in [1.29, 1.82) is 0 Å². The first-order chi connectivity index (χ1) is 12.7. The first kappa shape index (κ1) is 18.2. The van der Waals surface area contributed by atoms with Crippen molar-refractivity contribution >= 4 is 11.5 Å². The van der Waals surface area contributed by atoms with Crippen molar-refractivity contribution < 1.29 is 14.3 Å². The van der Waals surface area contributed by atoms with Gasteiger partial charge in [0, 0.05) is 19.6 Å². The minimum absolute atomic E-state index is 0.212. The maximum absolute atomic E-state index is 12.6. The van der Waals surface area contributed by atoms with Crippen molar-refractivity contribution in [3.63, 3.8) is 0 Å². The van der Waals surface area contributed by atoms with Gasteiger partial charge in [-0.05, 0) is 42.2 Å². The Morgan fingerprint density at radius 3 is 2.46 bits per heavy atom. The highest BCUT2D eigenvalue weighted by Gasteiger charge is 2.25. The van der Waals surface area contributed by atoms with Gasteiger partial charge >= 0.3 is 5.97 Å². The maximum atomic E-state index is 12.6. The quantitative estimate of drug-likeness (QED) is 0.740. The van der Waals surface area contributed by atoms with Gasteiger partial charge in [-0.1, -0.05) is 42.5 Å². The van der Waals surface area contributed by atoms with Crippen molar-refractivity contribution in [2.24, 2.45) is 0 Å². The Morgan fingerprint density at radius 1 is 1.08 bits per heavy atom. The SMILES string of the molecule is CCOC(=O)C1=C(c2ccc(OC)cc2)CCN(Cc2ccccc2)C1. The average molecular weight is 351 g/mol. The van der Waals surface area contributed by atoms with Crippen LogP contribution in [-0.2, 0) is 16.1 Å². The Kier molecular flexibility index (Phi) is 6.08. The molecule has 0 saturated heterocycles. The number of rotatable bonds is 6. The van der Waals surface area contributed by atoms with E-state index in [0.29, 0.717) is 13.2 Å². The van der Waals surface area contributed by atoms with Crippen LogP contribution in [0.3, 0.4) is 0 Å². The fourth-order valence-corrected chi connectivity index (χ4v) is 3.31. The van der Waals surface area contributed by atoms with Crippen LogP contribution in [0.1, 0.15) is 24.5 Å². The molecular formula is C22H25NO3. The van der Waals surface area contributed by atoms with Crippen molar-refractivity contribution in [1.82, 2.24) is 4.90 Å². The molecule has 0 spiro atoms. The summed E-state index contributed by atoms with van der Waals surface area (Å²) in [5.74, 6) is 0.602. The molecular weight excluding hydrogens is 326 g/mol. The Balaban J connectivity index is 1.85. The van der Waals surface area contributed by atoms with Crippen molar-refractivity contribution in [3.8, 4) is 5.75 Å². The van der Waals surface area contributed by atoms with E-state index >= 15 is 0 Å². The molecule has 136 valence electrons. The van der Waals surface area contributed by atoms with E-state index in [-0.39, 0.29) is 5.97 Å². The van der Waals surface area contributed by atoms with Gasteiger partial charge in [-0.15, -0.1) is 0 Å². The summed E-state index contributed by atoms with van der Waals surface area (Å²) in [5.41, 5.74) is 4.16. The molecule has 1 heterocycles. The molecule has 1 aliphatic rings. The van der Waals surface area contributed by atoms with Crippen LogP contribution in [0.25, 0.3) is 5.57 Å². The van der Waals surface area contributed by atoms with E-state index in [4.69, 9.17) is 9.47 Å². The van der Waals surface area contributed by atoms with E-state index in [1.807, 2.05) is 49.4 Å². The molecule has 0 saturated carbocycles. The fraction of sp³-hybridized carbons (Fsp3) is 0.318. The zero-order chi connectivity index (χ0) is 18.4.